The second-order valence-corrected chi connectivity index (χ2v) is 10.5. The van der Waals surface area contributed by atoms with Crippen molar-refractivity contribution in [1.82, 2.24) is 24.4 Å². The van der Waals surface area contributed by atoms with Crippen LogP contribution in [0.3, 0.4) is 0 Å². The number of hydrogen-bond acceptors (Lipinski definition) is 5. The first kappa shape index (κ1) is 23.1. The molecule has 0 bridgehead atoms. The van der Waals surface area contributed by atoms with Gasteiger partial charge in [0.1, 0.15) is 0 Å². The highest BCUT2D eigenvalue weighted by Gasteiger charge is 2.32. The van der Waals surface area contributed by atoms with Crippen molar-refractivity contribution >= 4 is 15.9 Å². The molecule has 0 aliphatic carbocycles. The molecule has 8 nitrogen and oxygen atoms in total. The number of hydrogen-bond donors (Lipinski definition) is 1. The normalized spacial score (nSPS) is 15.6. The van der Waals surface area contributed by atoms with Gasteiger partial charge in [-0.1, -0.05) is 32.0 Å². The summed E-state index contributed by atoms with van der Waals surface area (Å²) in [7, 11) is -3.56. The van der Waals surface area contributed by atoms with Crippen LogP contribution in [0, 0.1) is 5.92 Å². The zero-order valence-electron chi connectivity index (χ0n) is 18.9. The highest BCUT2D eigenvalue weighted by molar-refractivity contribution is 7.89. The van der Waals surface area contributed by atoms with Crippen molar-refractivity contribution in [2.24, 2.45) is 5.92 Å². The Bertz CT molecular complexity index is 1180. The second-order valence-electron chi connectivity index (χ2n) is 8.56. The van der Waals surface area contributed by atoms with Crippen LogP contribution in [-0.4, -0.2) is 46.5 Å². The Morgan fingerprint density at radius 2 is 1.82 bits per heavy atom. The number of nitrogens with zero attached hydrogens (tertiary/aromatic N) is 4. The van der Waals surface area contributed by atoms with E-state index in [0.717, 1.165) is 11.1 Å². The van der Waals surface area contributed by atoms with Gasteiger partial charge in [-0.15, -0.1) is 0 Å². The largest absolute Gasteiger partial charge is 0.352 e. The molecule has 1 saturated heterocycles. The van der Waals surface area contributed by atoms with E-state index in [0.29, 0.717) is 49.1 Å². The monoisotopic (exact) mass is 467 g/mol. The predicted octanol–water partition coefficient (Wildman–Crippen LogP) is 3.11. The van der Waals surface area contributed by atoms with Crippen LogP contribution in [0.5, 0.6) is 0 Å². The van der Waals surface area contributed by atoms with Gasteiger partial charge in [0.2, 0.25) is 15.9 Å². The van der Waals surface area contributed by atoms with Crippen LogP contribution < -0.4 is 5.32 Å². The van der Waals surface area contributed by atoms with Crippen molar-refractivity contribution in [2.75, 3.05) is 13.1 Å². The summed E-state index contributed by atoms with van der Waals surface area (Å²) in [6.07, 6.45) is 6.16. The third-order valence-corrected chi connectivity index (χ3v) is 7.96. The Kier molecular flexibility index (Phi) is 6.90. The first-order valence-corrected chi connectivity index (χ1v) is 12.6. The molecule has 1 N–H and O–H groups in total. The highest BCUT2D eigenvalue weighted by atomic mass is 32.2. The summed E-state index contributed by atoms with van der Waals surface area (Å²) in [5.41, 5.74) is 1.97. The number of nitrogens with one attached hydrogen (secondary N) is 1. The maximum Gasteiger partial charge on any atom is 0.243 e. The Morgan fingerprint density at radius 3 is 2.45 bits per heavy atom. The number of amides is 1. The van der Waals surface area contributed by atoms with Gasteiger partial charge in [0.15, 0.2) is 5.82 Å². The fourth-order valence-corrected chi connectivity index (χ4v) is 5.50. The van der Waals surface area contributed by atoms with E-state index in [9.17, 15) is 13.2 Å². The summed E-state index contributed by atoms with van der Waals surface area (Å²) in [6, 6.07) is 12.6. The van der Waals surface area contributed by atoms with Crippen molar-refractivity contribution in [1.29, 1.82) is 0 Å². The molecule has 0 unspecified atom stereocenters. The third-order valence-electron chi connectivity index (χ3n) is 6.05. The standard InChI is InChI=1S/C24H29N5O3S/c1-18(2)19-6-8-22(9-7-19)33(31,32)28-15-10-20(11-16-28)24(30)26-17-21-5-3-12-25-23(21)29-14-4-13-27-29/h3-9,12-14,18,20H,10-11,15-17H2,1-2H3,(H,26,30). The molecule has 33 heavy (non-hydrogen) atoms. The summed E-state index contributed by atoms with van der Waals surface area (Å²) in [5, 5.41) is 7.20. The highest BCUT2D eigenvalue weighted by Crippen LogP contribution is 2.25. The summed E-state index contributed by atoms with van der Waals surface area (Å²) in [5.74, 6) is 0.735. The number of pyridine rings is 1. The van der Waals surface area contributed by atoms with Gasteiger partial charge in [0, 0.05) is 49.7 Å². The third kappa shape index (κ3) is 5.15. The number of carbonyl (C=O) groups excluding carboxylic acids is 1. The lowest BCUT2D eigenvalue weighted by atomic mass is 9.97. The van der Waals surface area contributed by atoms with E-state index in [4.69, 9.17) is 0 Å². The maximum atomic E-state index is 13.0. The molecule has 2 aromatic heterocycles. The summed E-state index contributed by atoms with van der Waals surface area (Å²) < 4.78 is 29.2. The van der Waals surface area contributed by atoms with E-state index in [-0.39, 0.29) is 11.8 Å². The number of benzene rings is 1. The quantitative estimate of drug-likeness (QED) is 0.576. The van der Waals surface area contributed by atoms with Crippen LogP contribution in [0.2, 0.25) is 0 Å². The molecular formula is C24H29N5O3S. The van der Waals surface area contributed by atoms with Crippen LogP contribution in [0.25, 0.3) is 5.82 Å². The molecule has 1 fully saturated rings. The number of sulfonamides is 1. The van der Waals surface area contributed by atoms with Gasteiger partial charge < -0.3 is 5.32 Å². The summed E-state index contributed by atoms with van der Waals surface area (Å²) in [6.45, 7) is 5.15. The Hall–Kier alpha value is -3.04. The zero-order valence-corrected chi connectivity index (χ0v) is 19.7. The maximum absolute atomic E-state index is 13.0. The lowest BCUT2D eigenvalue weighted by Crippen LogP contribution is -2.42. The predicted molar refractivity (Wildman–Crippen MR) is 125 cm³/mol. The van der Waals surface area contributed by atoms with Gasteiger partial charge >= 0.3 is 0 Å². The smallest absolute Gasteiger partial charge is 0.243 e. The van der Waals surface area contributed by atoms with Crippen molar-refractivity contribution in [3.05, 3.63) is 72.2 Å². The lowest BCUT2D eigenvalue weighted by molar-refractivity contribution is -0.126. The van der Waals surface area contributed by atoms with Crippen LogP contribution in [0.1, 0.15) is 43.7 Å². The molecule has 3 aromatic rings. The molecule has 1 aliphatic heterocycles. The Labute approximate surface area is 194 Å². The van der Waals surface area contributed by atoms with Crippen molar-refractivity contribution in [2.45, 2.75) is 44.0 Å². The van der Waals surface area contributed by atoms with E-state index in [2.05, 4.69) is 29.2 Å². The van der Waals surface area contributed by atoms with Crippen LogP contribution in [0.4, 0.5) is 0 Å². The first-order valence-electron chi connectivity index (χ1n) is 11.2. The van der Waals surface area contributed by atoms with Crippen LogP contribution in [-0.2, 0) is 21.4 Å². The molecule has 0 atom stereocenters. The zero-order chi connectivity index (χ0) is 23.4. The number of carbonyl (C=O) groups is 1. The average Bonchev–Trinajstić information content (AvgIpc) is 3.38. The van der Waals surface area contributed by atoms with Gasteiger partial charge in [-0.2, -0.15) is 9.40 Å². The van der Waals surface area contributed by atoms with Crippen LogP contribution in [0.15, 0.2) is 66.0 Å². The fourth-order valence-electron chi connectivity index (χ4n) is 4.03. The molecule has 0 radical (unpaired) electrons. The van der Waals surface area contributed by atoms with Crippen molar-refractivity contribution < 1.29 is 13.2 Å². The molecule has 9 heteroatoms. The topological polar surface area (TPSA) is 97.2 Å². The van der Waals surface area contributed by atoms with Gasteiger partial charge in [-0.25, -0.2) is 18.1 Å². The number of aromatic nitrogens is 3. The molecular weight excluding hydrogens is 438 g/mol. The number of rotatable bonds is 7. The molecule has 0 spiro atoms. The Morgan fingerprint density at radius 1 is 1.09 bits per heavy atom. The van der Waals surface area contributed by atoms with E-state index < -0.39 is 10.0 Å². The van der Waals surface area contributed by atoms with E-state index in [1.54, 1.807) is 35.4 Å². The molecule has 1 amide bonds. The van der Waals surface area contributed by atoms with Gasteiger partial charge in [0.05, 0.1) is 4.90 Å². The van der Waals surface area contributed by atoms with E-state index in [1.807, 2.05) is 30.3 Å². The first-order chi connectivity index (χ1) is 15.9. The Balaban J connectivity index is 1.34. The second kappa shape index (κ2) is 9.84. The molecule has 174 valence electrons. The fraction of sp³-hybridized carbons (Fsp3) is 0.375. The molecule has 4 rings (SSSR count). The molecule has 3 heterocycles. The lowest BCUT2D eigenvalue weighted by Gasteiger charge is -2.30. The minimum atomic E-state index is -3.56. The number of piperidine rings is 1. The summed E-state index contributed by atoms with van der Waals surface area (Å²) >= 11 is 0. The molecule has 1 aromatic carbocycles. The van der Waals surface area contributed by atoms with Crippen LogP contribution >= 0.6 is 0 Å². The minimum Gasteiger partial charge on any atom is -0.352 e. The average molecular weight is 468 g/mol. The molecule has 0 saturated carbocycles. The van der Waals surface area contributed by atoms with Gasteiger partial charge in [-0.3, -0.25) is 4.79 Å². The van der Waals surface area contributed by atoms with Gasteiger partial charge in [-0.05, 0) is 48.6 Å². The van der Waals surface area contributed by atoms with E-state index >= 15 is 0 Å². The van der Waals surface area contributed by atoms with E-state index in [1.165, 1.54) is 4.31 Å². The van der Waals surface area contributed by atoms with Gasteiger partial charge in [0.25, 0.3) is 0 Å². The minimum absolute atomic E-state index is 0.0661. The summed E-state index contributed by atoms with van der Waals surface area (Å²) in [4.78, 5) is 17.4. The van der Waals surface area contributed by atoms with Crippen molar-refractivity contribution in [3.63, 3.8) is 0 Å². The van der Waals surface area contributed by atoms with Crippen molar-refractivity contribution in [3.8, 4) is 5.82 Å². The SMILES string of the molecule is CC(C)c1ccc(S(=O)(=O)N2CCC(C(=O)NCc3cccnc3-n3cccn3)CC2)cc1. The molecule has 1 aliphatic rings.